The predicted molar refractivity (Wildman–Crippen MR) is 222 cm³/mol. The van der Waals surface area contributed by atoms with Gasteiger partial charge < -0.3 is 27.9 Å². The molecule has 2 unspecified atom stereocenters. The maximum atomic E-state index is 12.6. The van der Waals surface area contributed by atoms with E-state index in [2.05, 4.69) is 26.0 Å². The highest BCUT2D eigenvalue weighted by Gasteiger charge is 2.21. The molecule has 320 valence electrons. The molecule has 54 heavy (non-hydrogen) atoms. The number of nitrogens with zero attached hydrogens (tertiary/aromatic N) is 1. The van der Waals surface area contributed by atoms with E-state index in [1.54, 1.807) is 0 Å². The number of phosphoric acid groups is 1. The molecule has 0 aliphatic heterocycles. The summed E-state index contributed by atoms with van der Waals surface area (Å²) in [4.78, 5) is 37.4. The molecule has 10 heteroatoms. The van der Waals surface area contributed by atoms with E-state index in [0.29, 0.717) is 17.4 Å². The number of allylic oxidation sites excluding steroid dienone is 2. The van der Waals surface area contributed by atoms with Crippen LogP contribution in [0.1, 0.15) is 206 Å². The smallest absolute Gasteiger partial charge is 0.306 e. The van der Waals surface area contributed by atoms with Crippen LogP contribution in [0.3, 0.4) is 0 Å². The van der Waals surface area contributed by atoms with E-state index < -0.39 is 26.5 Å². The van der Waals surface area contributed by atoms with Crippen molar-refractivity contribution in [3.8, 4) is 0 Å². The Bertz CT molecular complexity index is 938. The quantitative estimate of drug-likeness (QED) is 0.0198. The highest BCUT2D eigenvalue weighted by Crippen LogP contribution is 2.38. The van der Waals surface area contributed by atoms with Gasteiger partial charge in [0.25, 0.3) is 7.82 Å². The van der Waals surface area contributed by atoms with Crippen LogP contribution >= 0.6 is 7.82 Å². The third-order valence-corrected chi connectivity index (χ3v) is 10.7. The molecule has 0 spiro atoms. The molecule has 0 N–H and O–H groups in total. The minimum atomic E-state index is -4.62. The zero-order chi connectivity index (χ0) is 40.0. The Balaban J connectivity index is 4.20. The van der Waals surface area contributed by atoms with Gasteiger partial charge >= 0.3 is 11.9 Å². The zero-order valence-electron chi connectivity index (χ0n) is 35.9. The number of unbranched alkanes of at least 4 members (excludes halogenated alkanes) is 25. The number of ether oxygens (including phenoxy) is 2. The first-order valence-electron chi connectivity index (χ1n) is 22.4. The van der Waals surface area contributed by atoms with Crippen molar-refractivity contribution in [1.29, 1.82) is 0 Å². The first kappa shape index (κ1) is 52.8. The molecule has 0 amide bonds. The van der Waals surface area contributed by atoms with Gasteiger partial charge in [-0.25, -0.2) is 0 Å². The monoisotopic (exact) mass is 788 g/mol. The van der Waals surface area contributed by atoms with E-state index in [1.807, 2.05) is 21.1 Å². The maximum absolute atomic E-state index is 12.6. The summed E-state index contributed by atoms with van der Waals surface area (Å²) < 4.78 is 33.8. The van der Waals surface area contributed by atoms with Crippen molar-refractivity contribution < 1.29 is 42.1 Å². The molecule has 0 aromatic carbocycles. The topological polar surface area (TPSA) is 111 Å². The van der Waals surface area contributed by atoms with E-state index in [0.717, 1.165) is 57.8 Å². The average molecular weight is 788 g/mol. The van der Waals surface area contributed by atoms with Crippen LogP contribution in [-0.4, -0.2) is 70.0 Å². The number of quaternary nitrogens is 1. The number of hydrogen-bond acceptors (Lipinski definition) is 8. The maximum Gasteiger partial charge on any atom is 0.306 e. The van der Waals surface area contributed by atoms with Crippen molar-refractivity contribution in [1.82, 2.24) is 0 Å². The second kappa shape index (κ2) is 37.3. The number of likely N-dealkylation sites (N-methyl/N-ethyl adjacent to an activating group) is 1. The Kier molecular flexibility index (Phi) is 36.5. The van der Waals surface area contributed by atoms with Crippen LogP contribution in [0, 0.1) is 0 Å². The molecule has 0 saturated carbocycles. The van der Waals surface area contributed by atoms with E-state index in [9.17, 15) is 19.0 Å². The van der Waals surface area contributed by atoms with Crippen LogP contribution in [-0.2, 0) is 32.7 Å². The third-order valence-electron chi connectivity index (χ3n) is 9.77. The van der Waals surface area contributed by atoms with Crippen LogP contribution < -0.4 is 4.89 Å². The average Bonchev–Trinajstić information content (AvgIpc) is 3.12. The Morgan fingerprint density at radius 1 is 0.556 bits per heavy atom. The minimum Gasteiger partial charge on any atom is -0.756 e. The van der Waals surface area contributed by atoms with Crippen molar-refractivity contribution >= 4 is 19.8 Å². The molecule has 0 aromatic rings. The van der Waals surface area contributed by atoms with Crippen molar-refractivity contribution in [3.63, 3.8) is 0 Å². The molecule has 0 aliphatic carbocycles. The summed E-state index contributed by atoms with van der Waals surface area (Å²) in [7, 11) is 1.17. The van der Waals surface area contributed by atoms with Crippen molar-refractivity contribution in [3.05, 3.63) is 12.2 Å². The van der Waals surface area contributed by atoms with Gasteiger partial charge in [0.15, 0.2) is 6.10 Å². The molecule has 0 aromatic heterocycles. The molecule has 2 atom stereocenters. The van der Waals surface area contributed by atoms with Crippen molar-refractivity contribution in [2.24, 2.45) is 0 Å². The fourth-order valence-corrected chi connectivity index (χ4v) is 6.97. The van der Waals surface area contributed by atoms with Crippen molar-refractivity contribution in [2.75, 3.05) is 47.5 Å². The fraction of sp³-hybridized carbons (Fsp3) is 0.909. The molecule has 0 fully saturated rings. The number of carbonyl (C=O) groups excluding carboxylic acids is 2. The second-order valence-corrected chi connectivity index (χ2v) is 17.8. The molecule has 9 nitrogen and oxygen atoms in total. The Labute approximate surface area is 333 Å². The normalized spacial score (nSPS) is 13.7. The standard InChI is InChI=1S/C44H86NO8P/c1-6-8-10-12-14-16-18-19-20-21-22-23-24-25-26-27-29-30-32-34-36-43(46)50-40-42(41-52-54(48,49)51-39-38-45(3,4)5)53-44(47)37-35-33-31-28-17-15-13-11-9-7-2/h11,13,42H,6-10,12,14-41H2,1-5H3/b13-11-. The van der Waals surface area contributed by atoms with E-state index in [4.69, 9.17) is 18.5 Å². The minimum absolute atomic E-state index is 0.0295. The second-order valence-electron chi connectivity index (χ2n) is 16.4. The molecular formula is C44H86NO8P. The van der Waals surface area contributed by atoms with Gasteiger partial charge in [0.05, 0.1) is 27.7 Å². The number of phosphoric ester groups is 1. The first-order valence-corrected chi connectivity index (χ1v) is 23.9. The van der Waals surface area contributed by atoms with Crippen LogP contribution in [0.5, 0.6) is 0 Å². The predicted octanol–water partition coefficient (Wildman–Crippen LogP) is 11.9. The molecule has 0 aliphatic rings. The van der Waals surface area contributed by atoms with Gasteiger partial charge in [-0.1, -0.05) is 174 Å². The number of esters is 2. The number of hydrogen-bond donors (Lipinski definition) is 0. The number of carbonyl (C=O) groups is 2. The van der Waals surface area contributed by atoms with E-state index in [-0.39, 0.29) is 32.0 Å². The molecular weight excluding hydrogens is 701 g/mol. The van der Waals surface area contributed by atoms with Gasteiger partial charge in [0.1, 0.15) is 19.8 Å². The summed E-state index contributed by atoms with van der Waals surface area (Å²) in [5.74, 6) is -0.838. The third kappa shape index (κ3) is 40.4. The van der Waals surface area contributed by atoms with Gasteiger partial charge in [-0.3, -0.25) is 14.2 Å². The summed E-state index contributed by atoms with van der Waals surface area (Å²) in [5, 5.41) is 0. The lowest BCUT2D eigenvalue weighted by atomic mass is 10.0. The Morgan fingerprint density at radius 3 is 1.44 bits per heavy atom. The van der Waals surface area contributed by atoms with Gasteiger partial charge in [-0.05, 0) is 32.1 Å². The van der Waals surface area contributed by atoms with Crippen LogP contribution in [0.2, 0.25) is 0 Å². The van der Waals surface area contributed by atoms with Gasteiger partial charge in [0, 0.05) is 12.8 Å². The summed E-state index contributed by atoms with van der Waals surface area (Å²) in [5.41, 5.74) is 0. The lowest BCUT2D eigenvalue weighted by Gasteiger charge is -2.28. The van der Waals surface area contributed by atoms with Gasteiger partial charge in [0.2, 0.25) is 0 Å². The first-order chi connectivity index (χ1) is 26.0. The van der Waals surface area contributed by atoms with Crippen molar-refractivity contribution in [2.45, 2.75) is 213 Å². The van der Waals surface area contributed by atoms with Gasteiger partial charge in [-0.2, -0.15) is 0 Å². The van der Waals surface area contributed by atoms with E-state index >= 15 is 0 Å². The fourth-order valence-electron chi connectivity index (χ4n) is 6.25. The molecule has 0 saturated heterocycles. The largest absolute Gasteiger partial charge is 0.756 e. The molecule has 0 heterocycles. The molecule has 0 rings (SSSR count). The Hall–Kier alpha value is -1.25. The summed E-state index contributed by atoms with van der Waals surface area (Å²) in [6, 6.07) is 0. The van der Waals surface area contributed by atoms with Gasteiger partial charge in [-0.15, -0.1) is 0 Å². The van der Waals surface area contributed by atoms with Crippen LogP contribution in [0.4, 0.5) is 0 Å². The van der Waals surface area contributed by atoms with E-state index in [1.165, 1.54) is 116 Å². The lowest BCUT2D eigenvalue weighted by Crippen LogP contribution is -2.37. The summed E-state index contributed by atoms with van der Waals surface area (Å²) in [6.07, 6.45) is 38.2. The molecule has 0 radical (unpaired) electrons. The van der Waals surface area contributed by atoms with Crippen LogP contribution in [0.15, 0.2) is 12.2 Å². The zero-order valence-corrected chi connectivity index (χ0v) is 36.8. The lowest BCUT2D eigenvalue weighted by molar-refractivity contribution is -0.870. The highest BCUT2D eigenvalue weighted by molar-refractivity contribution is 7.45. The summed E-state index contributed by atoms with van der Waals surface area (Å²) in [6.45, 7) is 4.17. The summed E-state index contributed by atoms with van der Waals surface area (Å²) >= 11 is 0. The molecule has 0 bridgehead atoms. The highest BCUT2D eigenvalue weighted by atomic mass is 31.2. The van der Waals surface area contributed by atoms with Crippen LogP contribution in [0.25, 0.3) is 0 Å². The number of rotatable bonds is 41. The Morgan fingerprint density at radius 2 is 0.981 bits per heavy atom. The SMILES string of the molecule is CCC/C=C\CCCCCCCC(=O)OC(COC(=O)CCCCCCCCCCCCCCCCCCCCCC)COP(=O)([O-])OCC[N+](C)(C)C.